The number of rotatable bonds is 2. The third kappa shape index (κ3) is 3.11. The van der Waals surface area contributed by atoms with Gasteiger partial charge >= 0.3 is 0 Å². The molecule has 2 heterocycles. The summed E-state index contributed by atoms with van der Waals surface area (Å²) < 4.78 is 0. The van der Waals surface area contributed by atoms with Gasteiger partial charge in [-0.1, -0.05) is 24.3 Å². The molecule has 2 aliphatic heterocycles. The fraction of sp³-hybridized carbons (Fsp3) is 0.588. The third-order valence-electron chi connectivity index (χ3n) is 4.96. The number of piperidine rings is 1. The number of amides is 1. The highest BCUT2D eigenvalue weighted by atomic mass is 16.2. The van der Waals surface area contributed by atoms with Crippen LogP contribution in [0.4, 0.5) is 0 Å². The van der Waals surface area contributed by atoms with E-state index in [9.17, 15) is 4.79 Å². The molecule has 1 atom stereocenters. The Hall–Kier alpha value is -1.39. The lowest BCUT2D eigenvalue weighted by Gasteiger charge is -2.37. The minimum atomic E-state index is -0.0652. The molecule has 1 amide bonds. The van der Waals surface area contributed by atoms with Crippen molar-refractivity contribution in [3.63, 3.8) is 0 Å². The van der Waals surface area contributed by atoms with Crippen LogP contribution in [0.2, 0.25) is 0 Å². The molecule has 1 fully saturated rings. The van der Waals surface area contributed by atoms with Crippen LogP contribution in [0.15, 0.2) is 24.3 Å². The summed E-state index contributed by atoms with van der Waals surface area (Å²) in [4.78, 5) is 17.1. The first-order chi connectivity index (χ1) is 10.1. The molecule has 0 unspecified atom stereocenters. The number of likely N-dealkylation sites (N-methyl/N-ethyl adjacent to an activating group) is 1. The SMILES string of the molecule is CN1CCC(N(C)C(=O)[C@@H]2Cc3ccccc3CN2)CC1. The van der Waals surface area contributed by atoms with Gasteiger partial charge in [-0.3, -0.25) is 4.79 Å². The summed E-state index contributed by atoms with van der Waals surface area (Å²) in [6.07, 6.45) is 2.98. The summed E-state index contributed by atoms with van der Waals surface area (Å²) in [6.45, 7) is 2.97. The van der Waals surface area contributed by atoms with E-state index in [1.165, 1.54) is 11.1 Å². The molecular formula is C17H25N3O. The van der Waals surface area contributed by atoms with Gasteiger partial charge in [0.05, 0.1) is 6.04 Å². The quantitative estimate of drug-likeness (QED) is 0.889. The third-order valence-corrected chi connectivity index (χ3v) is 4.96. The second kappa shape index (κ2) is 6.16. The zero-order valence-corrected chi connectivity index (χ0v) is 13.0. The second-order valence-electron chi connectivity index (χ2n) is 6.39. The monoisotopic (exact) mass is 287 g/mol. The van der Waals surface area contributed by atoms with Crippen LogP contribution in [0.3, 0.4) is 0 Å². The van der Waals surface area contributed by atoms with Gasteiger partial charge in [-0.2, -0.15) is 0 Å². The lowest BCUT2D eigenvalue weighted by atomic mass is 9.94. The number of likely N-dealkylation sites (tertiary alicyclic amines) is 1. The minimum Gasteiger partial charge on any atom is -0.341 e. The van der Waals surface area contributed by atoms with Gasteiger partial charge in [-0.25, -0.2) is 0 Å². The van der Waals surface area contributed by atoms with Gasteiger partial charge in [-0.05, 0) is 50.5 Å². The molecule has 4 nitrogen and oxygen atoms in total. The summed E-state index contributed by atoms with van der Waals surface area (Å²) in [5.41, 5.74) is 2.63. The van der Waals surface area contributed by atoms with Crippen molar-refractivity contribution in [2.24, 2.45) is 0 Å². The van der Waals surface area contributed by atoms with E-state index in [1.807, 2.05) is 11.9 Å². The highest BCUT2D eigenvalue weighted by Crippen LogP contribution is 2.20. The van der Waals surface area contributed by atoms with Crippen LogP contribution in [-0.2, 0) is 17.8 Å². The summed E-state index contributed by atoms with van der Waals surface area (Å²) in [5, 5.41) is 3.40. The maximum atomic E-state index is 12.7. The van der Waals surface area contributed by atoms with Gasteiger partial charge in [0.15, 0.2) is 0 Å². The Morgan fingerprint density at radius 2 is 1.90 bits per heavy atom. The van der Waals surface area contributed by atoms with Crippen LogP contribution in [0.25, 0.3) is 0 Å². The number of hydrogen-bond donors (Lipinski definition) is 1. The molecule has 1 aromatic rings. The Labute approximate surface area is 127 Å². The molecular weight excluding hydrogens is 262 g/mol. The molecule has 0 saturated carbocycles. The average Bonchev–Trinajstić information content (AvgIpc) is 2.54. The van der Waals surface area contributed by atoms with Crippen molar-refractivity contribution < 1.29 is 4.79 Å². The predicted molar refractivity (Wildman–Crippen MR) is 84.1 cm³/mol. The van der Waals surface area contributed by atoms with Crippen LogP contribution in [0.1, 0.15) is 24.0 Å². The van der Waals surface area contributed by atoms with E-state index < -0.39 is 0 Å². The summed E-state index contributed by atoms with van der Waals surface area (Å²) in [6, 6.07) is 8.74. The Morgan fingerprint density at radius 3 is 2.62 bits per heavy atom. The molecule has 114 valence electrons. The van der Waals surface area contributed by atoms with Gasteiger partial charge in [0, 0.05) is 19.6 Å². The van der Waals surface area contributed by atoms with Crippen molar-refractivity contribution in [1.29, 1.82) is 0 Å². The van der Waals surface area contributed by atoms with E-state index in [4.69, 9.17) is 0 Å². The molecule has 0 radical (unpaired) electrons. The zero-order valence-electron chi connectivity index (χ0n) is 13.0. The predicted octanol–water partition coefficient (Wildman–Crippen LogP) is 1.25. The molecule has 0 spiro atoms. The second-order valence-corrected chi connectivity index (χ2v) is 6.39. The van der Waals surface area contributed by atoms with Crippen LogP contribution in [0.5, 0.6) is 0 Å². The number of fused-ring (bicyclic) bond motifs is 1. The average molecular weight is 287 g/mol. The highest BCUT2D eigenvalue weighted by molar-refractivity contribution is 5.82. The van der Waals surface area contributed by atoms with Gasteiger partial charge in [0.25, 0.3) is 0 Å². The Kier molecular flexibility index (Phi) is 4.27. The van der Waals surface area contributed by atoms with Gasteiger partial charge in [0.1, 0.15) is 0 Å². The van der Waals surface area contributed by atoms with Crippen molar-refractivity contribution in [1.82, 2.24) is 15.1 Å². The number of nitrogens with zero attached hydrogens (tertiary/aromatic N) is 2. The maximum absolute atomic E-state index is 12.7. The molecule has 21 heavy (non-hydrogen) atoms. The fourth-order valence-electron chi connectivity index (χ4n) is 3.44. The Morgan fingerprint density at radius 1 is 1.24 bits per heavy atom. The van der Waals surface area contributed by atoms with Crippen LogP contribution >= 0.6 is 0 Å². The van der Waals surface area contributed by atoms with E-state index in [-0.39, 0.29) is 11.9 Å². The minimum absolute atomic E-state index is 0.0652. The van der Waals surface area contributed by atoms with Gasteiger partial charge in [0.2, 0.25) is 5.91 Å². The van der Waals surface area contributed by atoms with Crippen LogP contribution in [-0.4, -0.2) is 55.0 Å². The first-order valence-corrected chi connectivity index (χ1v) is 7.90. The van der Waals surface area contributed by atoms with Crippen LogP contribution < -0.4 is 5.32 Å². The number of hydrogen-bond acceptors (Lipinski definition) is 3. The largest absolute Gasteiger partial charge is 0.341 e. The Balaban J connectivity index is 1.63. The van der Waals surface area contributed by atoms with Crippen LogP contribution in [0, 0.1) is 0 Å². The molecule has 0 bridgehead atoms. The number of carbonyl (C=O) groups excluding carboxylic acids is 1. The van der Waals surface area contributed by atoms with E-state index in [0.717, 1.165) is 38.9 Å². The topological polar surface area (TPSA) is 35.6 Å². The molecule has 4 heteroatoms. The molecule has 1 saturated heterocycles. The lowest BCUT2D eigenvalue weighted by Crippen LogP contribution is -2.53. The zero-order chi connectivity index (χ0) is 14.8. The molecule has 1 aromatic carbocycles. The number of benzene rings is 1. The first kappa shape index (κ1) is 14.5. The van der Waals surface area contributed by atoms with Gasteiger partial charge in [-0.15, -0.1) is 0 Å². The van der Waals surface area contributed by atoms with Crippen molar-refractivity contribution in [2.75, 3.05) is 27.2 Å². The first-order valence-electron chi connectivity index (χ1n) is 7.90. The lowest BCUT2D eigenvalue weighted by molar-refractivity contribution is -0.135. The molecule has 0 aliphatic carbocycles. The number of nitrogens with one attached hydrogen (secondary N) is 1. The van der Waals surface area contributed by atoms with Gasteiger partial charge < -0.3 is 15.1 Å². The van der Waals surface area contributed by atoms with E-state index in [1.54, 1.807) is 0 Å². The smallest absolute Gasteiger partial charge is 0.240 e. The van der Waals surface area contributed by atoms with E-state index in [2.05, 4.69) is 41.5 Å². The fourth-order valence-corrected chi connectivity index (χ4v) is 3.44. The van der Waals surface area contributed by atoms with E-state index in [0.29, 0.717) is 6.04 Å². The molecule has 3 rings (SSSR count). The number of carbonyl (C=O) groups is 1. The molecule has 1 N–H and O–H groups in total. The summed E-state index contributed by atoms with van der Waals surface area (Å²) >= 11 is 0. The van der Waals surface area contributed by atoms with Crippen molar-refractivity contribution in [3.05, 3.63) is 35.4 Å². The summed E-state index contributed by atoms with van der Waals surface area (Å²) in [5.74, 6) is 0.249. The highest BCUT2D eigenvalue weighted by Gasteiger charge is 2.30. The van der Waals surface area contributed by atoms with Crippen molar-refractivity contribution in [2.45, 2.75) is 37.9 Å². The molecule has 0 aromatic heterocycles. The van der Waals surface area contributed by atoms with E-state index >= 15 is 0 Å². The standard InChI is InChI=1S/C17H25N3O/c1-19-9-7-15(8-10-19)20(2)17(21)16-11-13-5-3-4-6-14(13)12-18-16/h3-6,15-16,18H,7-12H2,1-2H3/t16-/m0/s1. The normalized spacial score (nSPS) is 23.6. The Bertz CT molecular complexity index is 509. The van der Waals surface area contributed by atoms with Crippen molar-refractivity contribution in [3.8, 4) is 0 Å². The molecule has 2 aliphatic rings. The van der Waals surface area contributed by atoms with Crippen molar-refractivity contribution >= 4 is 5.91 Å². The summed E-state index contributed by atoms with van der Waals surface area (Å²) in [7, 11) is 4.12. The maximum Gasteiger partial charge on any atom is 0.240 e.